The van der Waals surface area contributed by atoms with Gasteiger partial charge in [-0.05, 0) is 42.8 Å². The van der Waals surface area contributed by atoms with Gasteiger partial charge in [0.1, 0.15) is 11.5 Å². The Morgan fingerprint density at radius 2 is 1.85 bits per heavy atom. The topological polar surface area (TPSA) is 84.6 Å². The highest BCUT2D eigenvalue weighted by atomic mass is 19.4. The molecule has 4 rings (SSSR count). The van der Waals surface area contributed by atoms with Crippen LogP contribution >= 0.6 is 0 Å². The smallest absolute Gasteiger partial charge is 0.422 e. The van der Waals surface area contributed by atoms with E-state index < -0.39 is 18.6 Å². The van der Waals surface area contributed by atoms with E-state index in [4.69, 9.17) is 9.84 Å². The Kier molecular flexibility index (Phi) is 6.40. The summed E-state index contributed by atoms with van der Waals surface area (Å²) in [4.78, 5) is 8.66. The maximum atomic E-state index is 13.5. The minimum atomic E-state index is -4.51. The number of hydrogen-bond acceptors (Lipinski definition) is 6. The van der Waals surface area contributed by atoms with Crippen LogP contribution in [0.25, 0.3) is 28.0 Å². The van der Waals surface area contributed by atoms with Gasteiger partial charge in [0.15, 0.2) is 6.61 Å². The zero-order chi connectivity index (χ0) is 23.4. The minimum absolute atomic E-state index is 0.0101. The van der Waals surface area contributed by atoms with Crippen LogP contribution in [0, 0.1) is 5.82 Å². The van der Waals surface area contributed by atoms with Crippen molar-refractivity contribution in [3.63, 3.8) is 0 Å². The fourth-order valence-electron chi connectivity index (χ4n) is 3.23. The monoisotopic (exact) mass is 461 g/mol. The summed E-state index contributed by atoms with van der Waals surface area (Å²) in [5, 5.41) is 16.5. The fourth-order valence-corrected chi connectivity index (χ4v) is 3.23. The van der Waals surface area contributed by atoms with Crippen LogP contribution in [0.3, 0.4) is 0 Å². The van der Waals surface area contributed by atoms with Gasteiger partial charge in [0.05, 0.1) is 16.8 Å². The van der Waals surface area contributed by atoms with Crippen LogP contribution in [0.2, 0.25) is 0 Å². The molecule has 33 heavy (non-hydrogen) atoms. The number of ether oxygens (including phenoxy) is 1. The number of pyridine rings is 1. The molecule has 7 nitrogen and oxygen atoms in total. The highest BCUT2D eigenvalue weighted by Crippen LogP contribution is 2.36. The number of anilines is 1. The fraction of sp³-hybridized carbons (Fsp3) is 0.227. The predicted octanol–water partition coefficient (Wildman–Crippen LogP) is 4.33. The van der Waals surface area contributed by atoms with E-state index in [-0.39, 0.29) is 12.5 Å². The summed E-state index contributed by atoms with van der Waals surface area (Å²) in [5.74, 6) is -0.222. The van der Waals surface area contributed by atoms with E-state index in [1.165, 1.54) is 41.0 Å². The summed E-state index contributed by atoms with van der Waals surface area (Å²) in [5.41, 5.74) is 2.36. The number of alkyl halides is 3. The largest absolute Gasteiger partial charge is 0.468 e. The van der Waals surface area contributed by atoms with Gasteiger partial charge in [0.2, 0.25) is 11.8 Å². The van der Waals surface area contributed by atoms with Gasteiger partial charge >= 0.3 is 6.18 Å². The standard InChI is InChI=1S/C22H19F4N5O2/c23-15-7-5-14(6-8-15)20-19(16-9-11-28-21(29-16)27-10-2-12-32)17-3-1-4-18(31(17)30-20)33-13-22(24,25)26/h1,3-9,11,32H,2,10,12-13H2,(H,27,28,29). The van der Waals surface area contributed by atoms with Gasteiger partial charge in [-0.3, -0.25) is 0 Å². The highest BCUT2D eigenvalue weighted by Gasteiger charge is 2.29. The molecule has 1 aromatic carbocycles. The lowest BCUT2D eigenvalue weighted by Gasteiger charge is -2.10. The quantitative estimate of drug-likeness (QED) is 0.300. The normalized spacial score (nSPS) is 11.7. The third-order valence-corrected chi connectivity index (χ3v) is 4.65. The Morgan fingerprint density at radius 1 is 1.06 bits per heavy atom. The van der Waals surface area contributed by atoms with Crippen molar-refractivity contribution in [3.05, 3.63) is 60.5 Å². The third-order valence-electron chi connectivity index (χ3n) is 4.65. The number of aliphatic hydroxyl groups excluding tert-OH is 1. The first kappa shape index (κ1) is 22.5. The van der Waals surface area contributed by atoms with Crippen molar-refractivity contribution in [1.82, 2.24) is 19.6 Å². The van der Waals surface area contributed by atoms with Crippen molar-refractivity contribution in [2.24, 2.45) is 0 Å². The summed E-state index contributed by atoms with van der Waals surface area (Å²) < 4.78 is 58.0. The Hall–Kier alpha value is -3.73. The lowest BCUT2D eigenvalue weighted by atomic mass is 10.0. The van der Waals surface area contributed by atoms with Gasteiger partial charge < -0.3 is 15.2 Å². The molecule has 0 aliphatic heterocycles. The number of aromatic nitrogens is 4. The van der Waals surface area contributed by atoms with Crippen molar-refractivity contribution < 1.29 is 27.4 Å². The van der Waals surface area contributed by atoms with Crippen molar-refractivity contribution in [3.8, 4) is 28.4 Å². The van der Waals surface area contributed by atoms with Gasteiger partial charge in [-0.15, -0.1) is 0 Å². The van der Waals surface area contributed by atoms with Gasteiger partial charge in [0.25, 0.3) is 0 Å². The van der Waals surface area contributed by atoms with E-state index in [0.717, 1.165) is 0 Å². The van der Waals surface area contributed by atoms with E-state index in [0.29, 0.717) is 46.9 Å². The molecule has 3 heterocycles. The summed E-state index contributed by atoms with van der Waals surface area (Å²) in [6.45, 7) is -1.01. The van der Waals surface area contributed by atoms with Crippen molar-refractivity contribution in [1.29, 1.82) is 0 Å². The predicted molar refractivity (Wildman–Crippen MR) is 113 cm³/mol. The zero-order valence-corrected chi connectivity index (χ0v) is 17.2. The number of nitrogens with one attached hydrogen (secondary N) is 1. The zero-order valence-electron chi connectivity index (χ0n) is 17.2. The number of nitrogens with zero attached hydrogens (tertiary/aromatic N) is 4. The maximum absolute atomic E-state index is 13.5. The SMILES string of the molecule is OCCCNc1nccc(-c2c(-c3ccc(F)cc3)nn3c(OCC(F)(F)F)cccc23)n1. The summed E-state index contributed by atoms with van der Waals surface area (Å²) in [6.07, 6.45) is -2.48. The molecule has 0 unspecified atom stereocenters. The van der Waals surface area contributed by atoms with Crippen LogP contribution in [0.1, 0.15) is 6.42 Å². The Bertz CT molecular complexity index is 1240. The molecule has 0 saturated carbocycles. The molecule has 0 amide bonds. The number of fused-ring (bicyclic) bond motifs is 1. The molecule has 3 aromatic heterocycles. The van der Waals surface area contributed by atoms with Crippen molar-refractivity contribution in [2.75, 3.05) is 25.1 Å². The number of halogens is 4. The maximum Gasteiger partial charge on any atom is 0.422 e. The van der Waals surface area contributed by atoms with Gasteiger partial charge in [-0.25, -0.2) is 14.4 Å². The Balaban J connectivity index is 1.85. The average molecular weight is 461 g/mol. The van der Waals surface area contributed by atoms with E-state index in [1.54, 1.807) is 18.2 Å². The van der Waals surface area contributed by atoms with E-state index in [9.17, 15) is 17.6 Å². The lowest BCUT2D eigenvalue weighted by Crippen LogP contribution is -2.20. The molecular formula is C22H19F4N5O2. The summed E-state index contributed by atoms with van der Waals surface area (Å²) >= 11 is 0. The van der Waals surface area contributed by atoms with Gasteiger partial charge in [-0.1, -0.05) is 6.07 Å². The molecule has 172 valence electrons. The minimum Gasteiger partial charge on any atom is -0.468 e. The first-order valence-corrected chi connectivity index (χ1v) is 10.0. The van der Waals surface area contributed by atoms with Crippen LogP contribution in [0.15, 0.2) is 54.7 Å². The van der Waals surface area contributed by atoms with E-state index in [1.807, 2.05) is 0 Å². The van der Waals surface area contributed by atoms with Crippen LogP contribution in [-0.2, 0) is 0 Å². The van der Waals surface area contributed by atoms with Gasteiger partial charge in [-0.2, -0.15) is 22.8 Å². The number of aliphatic hydroxyl groups is 1. The Morgan fingerprint density at radius 3 is 2.58 bits per heavy atom. The summed E-state index contributed by atoms with van der Waals surface area (Å²) in [6, 6.07) is 11.9. The number of hydrogen-bond donors (Lipinski definition) is 2. The lowest BCUT2D eigenvalue weighted by molar-refractivity contribution is -0.154. The molecule has 2 N–H and O–H groups in total. The molecule has 0 spiro atoms. The van der Waals surface area contributed by atoms with E-state index >= 15 is 0 Å². The second-order valence-corrected chi connectivity index (χ2v) is 7.06. The first-order chi connectivity index (χ1) is 15.9. The molecule has 0 aliphatic rings. The molecule has 0 radical (unpaired) electrons. The average Bonchev–Trinajstić information content (AvgIpc) is 3.18. The summed E-state index contributed by atoms with van der Waals surface area (Å²) in [7, 11) is 0. The van der Waals surface area contributed by atoms with Crippen molar-refractivity contribution in [2.45, 2.75) is 12.6 Å². The molecule has 0 saturated heterocycles. The Labute approximate surface area is 185 Å². The first-order valence-electron chi connectivity index (χ1n) is 10.0. The number of rotatable bonds is 8. The highest BCUT2D eigenvalue weighted by molar-refractivity contribution is 5.91. The molecular weight excluding hydrogens is 442 g/mol. The second kappa shape index (κ2) is 9.41. The molecule has 11 heteroatoms. The second-order valence-electron chi connectivity index (χ2n) is 7.06. The third kappa shape index (κ3) is 5.20. The molecule has 4 aromatic rings. The van der Waals surface area contributed by atoms with Gasteiger partial charge in [0, 0.05) is 31.0 Å². The van der Waals surface area contributed by atoms with Crippen molar-refractivity contribution >= 4 is 11.5 Å². The molecule has 0 fully saturated rings. The van der Waals surface area contributed by atoms with E-state index in [2.05, 4.69) is 20.4 Å². The molecule has 0 bridgehead atoms. The molecule has 0 aliphatic carbocycles. The van der Waals surface area contributed by atoms with Crippen LogP contribution in [-0.4, -0.2) is 50.6 Å². The molecule has 0 atom stereocenters. The van der Waals surface area contributed by atoms with Crippen LogP contribution < -0.4 is 10.1 Å². The number of benzene rings is 1. The van der Waals surface area contributed by atoms with Crippen LogP contribution in [0.4, 0.5) is 23.5 Å². The van der Waals surface area contributed by atoms with Crippen LogP contribution in [0.5, 0.6) is 5.88 Å².